The monoisotopic (exact) mass is 837 g/mol. The lowest BCUT2D eigenvalue weighted by Crippen LogP contribution is -2.61. The van der Waals surface area contributed by atoms with E-state index in [4.69, 9.17) is 4.42 Å². The molecule has 1 atom stereocenters. The third-order valence-electron chi connectivity index (χ3n) is 14.9. The average molecular weight is 838 g/mol. The molecule has 0 saturated carbocycles. The van der Waals surface area contributed by atoms with Crippen LogP contribution < -0.4 is 31.3 Å². The van der Waals surface area contributed by atoms with Crippen molar-refractivity contribution in [3.8, 4) is 0 Å². The molecule has 1 unspecified atom stereocenters. The Morgan fingerprint density at radius 3 is 1.95 bits per heavy atom. The maximum absolute atomic E-state index is 7.54. The van der Waals surface area contributed by atoms with Crippen molar-refractivity contribution in [3.05, 3.63) is 174 Å². The number of nitrogens with zero attached hydrogens (tertiary/aromatic N) is 3. The topological polar surface area (TPSA) is 22.9 Å². The third-order valence-corrected chi connectivity index (χ3v) is 14.9. The fourth-order valence-corrected chi connectivity index (χ4v) is 11.1. The first kappa shape index (κ1) is 40.6. The van der Waals surface area contributed by atoms with E-state index in [1.54, 1.807) is 0 Å². The minimum absolute atomic E-state index is 0.0382. The van der Waals surface area contributed by atoms with E-state index in [2.05, 4.69) is 229 Å². The molecule has 0 N–H and O–H groups in total. The van der Waals surface area contributed by atoms with Crippen molar-refractivity contribution in [2.75, 3.05) is 14.7 Å². The number of hydrogen-bond acceptors (Lipinski definition) is 4. The molecule has 4 aliphatic rings. The van der Waals surface area contributed by atoms with Gasteiger partial charge < -0.3 is 19.1 Å². The molecule has 6 aromatic carbocycles. The Hall–Kier alpha value is -6.20. The van der Waals surface area contributed by atoms with E-state index in [0.717, 1.165) is 53.3 Å². The largest absolute Gasteiger partial charge is 0.468 e. The van der Waals surface area contributed by atoms with E-state index in [9.17, 15) is 0 Å². The fourth-order valence-electron chi connectivity index (χ4n) is 11.1. The number of fused-ring (bicyclic) bond motifs is 7. The Bertz CT molecular complexity index is 3000. The number of anilines is 8. The number of furan rings is 1. The van der Waals surface area contributed by atoms with Crippen LogP contribution in [0, 0.1) is 0 Å². The summed E-state index contributed by atoms with van der Waals surface area (Å²) in [4.78, 5) is 7.65. The van der Waals surface area contributed by atoms with Gasteiger partial charge in [-0.15, -0.1) is 0 Å². The molecular formula is C59H60BN3O. The van der Waals surface area contributed by atoms with Gasteiger partial charge in [0.15, 0.2) is 0 Å². The summed E-state index contributed by atoms with van der Waals surface area (Å²) in [5, 5.41) is 1.18. The van der Waals surface area contributed by atoms with Crippen molar-refractivity contribution < 1.29 is 4.42 Å². The molecule has 11 rings (SSSR count). The maximum atomic E-state index is 7.54. The molecule has 0 spiro atoms. The highest BCUT2D eigenvalue weighted by molar-refractivity contribution is 7.00. The summed E-state index contributed by atoms with van der Waals surface area (Å²) >= 11 is 0. The maximum Gasteiger partial charge on any atom is 0.297 e. The Morgan fingerprint density at radius 2 is 1.31 bits per heavy atom. The van der Waals surface area contributed by atoms with Gasteiger partial charge in [-0.1, -0.05) is 147 Å². The van der Waals surface area contributed by atoms with Crippen molar-refractivity contribution in [2.45, 2.75) is 110 Å². The Kier molecular flexibility index (Phi) is 9.30. The summed E-state index contributed by atoms with van der Waals surface area (Å²) < 4.78 is 7.54. The van der Waals surface area contributed by atoms with Gasteiger partial charge in [0, 0.05) is 45.2 Å². The van der Waals surface area contributed by atoms with Gasteiger partial charge in [-0.05, 0) is 141 Å². The summed E-state index contributed by atoms with van der Waals surface area (Å²) in [6.45, 7) is 21.1. The molecule has 0 saturated heterocycles. The first-order valence-electron chi connectivity index (χ1n) is 23.6. The highest BCUT2D eigenvalue weighted by atomic mass is 16.3. The molecule has 2 aliphatic carbocycles. The molecule has 4 nitrogen and oxygen atoms in total. The van der Waals surface area contributed by atoms with Crippen LogP contribution in [0.25, 0.3) is 11.0 Å². The van der Waals surface area contributed by atoms with E-state index in [-0.39, 0.29) is 29.0 Å². The van der Waals surface area contributed by atoms with Crippen LogP contribution in [0.15, 0.2) is 156 Å². The van der Waals surface area contributed by atoms with Crippen molar-refractivity contribution in [1.82, 2.24) is 0 Å². The molecule has 0 fully saturated rings. The first-order chi connectivity index (χ1) is 30.7. The van der Waals surface area contributed by atoms with Gasteiger partial charge in [0.25, 0.3) is 6.71 Å². The lowest BCUT2D eigenvalue weighted by atomic mass is 9.35. The summed E-state index contributed by atoms with van der Waals surface area (Å²) in [5.41, 5.74) is 19.4. The number of benzene rings is 6. The van der Waals surface area contributed by atoms with Crippen LogP contribution in [-0.4, -0.2) is 12.8 Å². The van der Waals surface area contributed by atoms with Gasteiger partial charge in [-0.3, -0.25) is 0 Å². The van der Waals surface area contributed by atoms with Crippen LogP contribution in [0.4, 0.5) is 45.5 Å². The SMILES string of the molecule is CC(C)c1ccc(N2c3ccc(C(C)(C)C)cc3B3c4oc5cc6c(cc5c4N(c4ccccc4)c4cc(N(c5ccccc5)C5C=CC=CC5)cc2c43)C(C)(C)CCC6(C)C)cc1. The highest BCUT2D eigenvalue weighted by Crippen LogP contribution is 2.52. The van der Waals surface area contributed by atoms with E-state index < -0.39 is 0 Å². The van der Waals surface area contributed by atoms with Gasteiger partial charge in [0.2, 0.25) is 0 Å². The summed E-state index contributed by atoms with van der Waals surface area (Å²) in [6, 6.07) is 48.6. The quantitative estimate of drug-likeness (QED) is 0.156. The second-order valence-electron chi connectivity index (χ2n) is 21.4. The van der Waals surface area contributed by atoms with Gasteiger partial charge >= 0.3 is 0 Å². The van der Waals surface area contributed by atoms with Crippen LogP contribution in [-0.2, 0) is 16.2 Å². The van der Waals surface area contributed by atoms with E-state index in [0.29, 0.717) is 5.92 Å². The Labute approximate surface area is 381 Å². The van der Waals surface area contributed by atoms with Crippen molar-refractivity contribution in [2.24, 2.45) is 0 Å². The van der Waals surface area contributed by atoms with Gasteiger partial charge in [0.1, 0.15) is 5.58 Å². The third kappa shape index (κ3) is 6.40. The number of hydrogen-bond donors (Lipinski definition) is 0. The van der Waals surface area contributed by atoms with Crippen LogP contribution in [0.5, 0.6) is 0 Å². The normalized spacial score (nSPS) is 17.9. The zero-order chi connectivity index (χ0) is 44.3. The van der Waals surface area contributed by atoms with E-state index in [1.165, 1.54) is 61.3 Å². The Balaban J connectivity index is 1.28. The zero-order valence-electron chi connectivity index (χ0n) is 39.0. The van der Waals surface area contributed by atoms with Crippen molar-refractivity contribution in [3.63, 3.8) is 0 Å². The Morgan fingerprint density at radius 1 is 0.672 bits per heavy atom. The predicted molar refractivity (Wildman–Crippen MR) is 274 cm³/mol. The molecule has 5 heteroatoms. The smallest absolute Gasteiger partial charge is 0.297 e. The summed E-state index contributed by atoms with van der Waals surface area (Å²) in [7, 11) is 0. The standard InChI is InChI=1S/C59H60BN3O/c1-38(2)39-25-28-44(29-26-39)62-50-30-27-40(57(3,4)5)33-49(50)60-54-51(62)34-45(61(41-19-13-10-14-20-41)42-21-15-11-16-22-42)35-52(54)63(43-23-17-12-18-24-43)55-46-36-47-48(37-53(46)64-56(55)60)59(8,9)32-31-58(47,6)7/h10-21,23-30,33-38,42H,22,31-32H2,1-9H3. The van der Waals surface area contributed by atoms with Gasteiger partial charge in [0.05, 0.1) is 17.4 Å². The van der Waals surface area contributed by atoms with Crippen LogP contribution in [0.2, 0.25) is 0 Å². The van der Waals surface area contributed by atoms with E-state index >= 15 is 0 Å². The molecule has 320 valence electrons. The number of rotatable bonds is 6. The van der Waals surface area contributed by atoms with Crippen LogP contribution >= 0.6 is 0 Å². The molecule has 2 aliphatic heterocycles. The van der Waals surface area contributed by atoms with Crippen LogP contribution in [0.1, 0.15) is 110 Å². The molecule has 7 aromatic rings. The van der Waals surface area contributed by atoms with Gasteiger partial charge in [-0.2, -0.15) is 0 Å². The zero-order valence-corrected chi connectivity index (χ0v) is 39.0. The second-order valence-corrected chi connectivity index (χ2v) is 21.4. The molecular weight excluding hydrogens is 777 g/mol. The highest BCUT2D eigenvalue weighted by Gasteiger charge is 2.48. The van der Waals surface area contributed by atoms with E-state index in [1.807, 2.05) is 0 Å². The number of para-hydroxylation sites is 2. The lowest BCUT2D eigenvalue weighted by Gasteiger charge is -2.44. The van der Waals surface area contributed by atoms with Gasteiger partial charge in [-0.25, -0.2) is 0 Å². The second kappa shape index (κ2) is 14.7. The predicted octanol–water partition coefficient (Wildman–Crippen LogP) is 14.3. The first-order valence-corrected chi connectivity index (χ1v) is 23.6. The minimum Gasteiger partial charge on any atom is -0.468 e. The van der Waals surface area contributed by atoms with Crippen molar-refractivity contribution >= 4 is 79.8 Å². The summed E-state index contributed by atoms with van der Waals surface area (Å²) in [5.74, 6) is 0.433. The minimum atomic E-state index is -0.148. The lowest BCUT2D eigenvalue weighted by molar-refractivity contribution is 0.332. The van der Waals surface area contributed by atoms with Crippen molar-refractivity contribution in [1.29, 1.82) is 0 Å². The molecule has 3 heterocycles. The molecule has 64 heavy (non-hydrogen) atoms. The van der Waals surface area contributed by atoms with Crippen LogP contribution in [0.3, 0.4) is 0 Å². The fraction of sp³-hybridized carbons (Fsp3) is 0.288. The molecule has 0 radical (unpaired) electrons. The molecule has 0 bridgehead atoms. The molecule has 1 aromatic heterocycles. The average Bonchev–Trinajstić information content (AvgIpc) is 3.66. The number of allylic oxidation sites excluding steroid dienone is 2. The molecule has 0 amide bonds. The summed E-state index contributed by atoms with van der Waals surface area (Å²) in [6.07, 6.45) is 12.2.